The summed E-state index contributed by atoms with van der Waals surface area (Å²) in [6, 6.07) is -0.648. The Morgan fingerprint density at radius 1 is 1.83 bits per heavy atom. The SMILES string of the molecule is CC(NC(=O)O)C1(F)CCNC1. The Balaban J connectivity index is 2.49. The van der Waals surface area contributed by atoms with Crippen molar-refractivity contribution in [1.29, 1.82) is 0 Å². The van der Waals surface area contributed by atoms with Crippen LogP contribution in [0.4, 0.5) is 9.18 Å². The molecule has 1 aliphatic rings. The van der Waals surface area contributed by atoms with E-state index in [0.717, 1.165) is 0 Å². The lowest BCUT2D eigenvalue weighted by Gasteiger charge is -2.25. The van der Waals surface area contributed by atoms with Gasteiger partial charge in [0, 0.05) is 6.54 Å². The summed E-state index contributed by atoms with van der Waals surface area (Å²) in [7, 11) is 0. The first-order valence-electron chi connectivity index (χ1n) is 3.94. The lowest BCUT2D eigenvalue weighted by molar-refractivity contribution is 0.126. The van der Waals surface area contributed by atoms with Crippen molar-refractivity contribution < 1.29 is 14.3 Å². The molecule has 0 saturated carbocycles. The van der Waals surface area contributed by atoms with Crippen molar-refractivity contribution in [1.82, 2.24) is 10.6 Å². The molecule has 12 heavy (non-hydrogen) atoms. The van der Waals surface area contributed by atoms with Gasteiger partial charge in [-0.25, -0.2) is 9.18 Å². The molecule has 3 N–H and O–H groups in total. The maximum Gasteiger partial charge on any atom is 0.404 e. The van der Waals surface area contributed by atoms with E-state index in [0.29, 0.717) is 13.0 Å². The van der Waals surface area contributed by atoms with Gasteiger partial charge >= 0.3 is 6.09 Å². The predicted octanol–water partition coefficient (Wildman–Crippen LogP) is 0.344. The van der Waals surface area contributed by atoms with Crippen LogP contribution in [0.3, 0.4) is 0 Å². The lowest BCUT2D eigenvalue weighted by Crippen LogP contribution is -2.48. The molecule has 1 fully saturated rings. The van der Waals surface area contributed by atoms with Crippen molar-refractivity contribution in [2.45, 2.75) is 25.1 Å². The summed E-state index contributed by atoms with van der Waals surface area (Å²) < 4.78 is 13.7. The van der Waals surface area contributed by atoms with E-state index < -0.39 is 17.8 Å². The second-order valence-electron chi connectivity index (χ2n) is 3.13. The number of alkyl halides is 1. The highest BCUT2D eigenvalue weighted by atomic mass is 19.1. The van der Waals surface area contributed by atoms with Crippen LogP contribution in [-0.2, 0) is 0 Å². The molecule has 0 bridgehead atoms. The predicted molar refractivity (Wildman–Crippen MR) is 41.9 cm³/mol. The fourth-order valence-corrected chi connectivity index (χ4v) is 1.36. The van der Waals surface area contributed by atoms with Crippen molar-refractivity contribution >= 4 is 6.09 Å². The van der Waals surface area contributed by atoms with Crippen LogP contribution in [0.1, 0.15) is 13.3 Å². The largest absolute Gasteiger partial charge is 0.465 e. The van der Waals surface area contributed by atoms with Crippen molar-refractivity contribution in [3.8, 4) is 0 Å². The van der Waals surface area contributed by atoms with Crippen LogP contribution in [0.25, 0.3) is 0 Å². The standard InChI is InChI=1S/C7H13FN2O2/c1-5(10-6(11)12)7(8)2-3-9-4-7/h5,9-10H,2-4H2,1H3,(H,11,12). The molecule has 1 aliphatic heterocycles. The molecule has 0 aromatic carbocycles. The summed E-state index contributed by atoms with van der Waals surface area (Å²) in [5.41, 5.74) is -1.42. The van der Waals surface area contributed by atoms with Gasteiger partial charge in [0.2, 0.25) is 0 Å². The molecule has 0 spiro atoms. The molecule has 0 aromatic heterocycles. The first kappa shape index (κ1) is 9.25. The molecular weight excluding hydrogens is 163 g/mol. The number of hydrogen-bond acceptors (Lipinski definition) is 2. The van der Waals surface area contributed by atoms with Crippen LogP contribution in [-0.4, -0.2) is 36.0 Å². The highest BCUT2D eigenvalue weighted by Crippen LogP contribution is 2.23. The van der Waals surface area contributed by atoms with Crippen LogP contribution >= 0.6 is 0 Å². The van der Waals surface area contributed by atoms with E-state index in [1.165, 1.54) is 0 Å². The van der Waals surface area contributed by atoms with Gasteiger partial charge in [0.1, 0.15) is 5.67 Å². The molecule has 1 rings (SSSR count). The van der Waals surface area contributed by atoms with Crippen LogP contribution in [0.15, 0.2) is 0 Å². The van der Waals surface area contributed by atoms with E-state index in [1.807, 2.05) is 0 Å². The van der Waals surface area contributed by atoms with Gasteiger partial charge in [-0.1, -0.05) is 0 Å². The van der Waals surface area contributed by atoms with Crippen LogP contribution in [0.2, 0.25) is 0 Å². The van der Waals surface area contributed by atoms with Crippen molar-refractivity contribution in [2.24, 2.45) is 0 Å². The van der Waals surface area contributed by atoms with Gasteiger partial charge in [0.15, 0.2) is 0 Å². The third kappa shape index (κ3) is 1.85. The zero-order valence-electron chi connectivity index (χ0n) is 6.93. The zero-order valence-corrected chi connectivity index (χ0v) is 6.93. The third-order valence-electron chi connectivity index (χ3n) is 2.25. The molecule has 5 heteroatoms. The quantitative estimate of drug-likeness (QED) is 0.568. The van der Waals surface area contributed by atoms with E-state index in [2.05, 4.69) is 10.6 Å². The summed E-state index contributed by atoms with van der Waals surface area (Å²) in [6.45, 7) is 2.39. The van der Waals surface area contributed by atoms with Crippen LogP contribution in [0.5, 0.6) is 0 Å². The van der Waals surface area contributed by atoms with Gasteiger partial charge in [0.25, 0.3) is 0 Å². The Morgan fingerprint density at radius 2 is 2.50 bits per heavy atom. The van der Waals surface area contributed by atoms with E-state index in [1.54, 1.807) is 6.92 Å². The maximum absolute atomic E-state index is 13.7. The first-order valence-corrected chi connectivity index (χ1v) is 3.94. The fraction of sp³-hybridized carbons (Fsp3) is 0.857. The Hall–Kier alpha value is -0.840. The van der Waals surface area contributed by atoms with Gasteiger partial charge in [-0.05, 0) is 19.9 Å². The topological polar surface area (TPSA) is 61.4 Å². The third-order valence-corrected chi connectivity index (χ3v) is 2.25. The maximum atomic E-state index is 13.7. The molecule has 4 nitrogen and oxygen atoms in total. The fourth-order valence-electron chi connectivity index (χ4n) is 1.36. The minimum absolute atomic E-state index is 0.231. The van der Waals surface area contributed by atoms with Crippen LogP contribution < -0.4 is 10.6 Å². The highest BCUT2D eigenvalue weighted by Gasteiger charge is 2.39. The molecule has 1 amide bonds. The van der Waals surface area contributed by atoms with Gasteiger partial charge in [-0.15, -0.1) is 0 Å². The molecule has 0 radical (unpaired) electrons. The number of nitrogens with one attached hydrogen (secondary N) is 2. The highest BCUT2D eigenvalue weighted by molar-refractivity contribution is 5.65. The first-order chi connectivity index (χ1) is 5.54. The summed E-state index contributed by atoms with van der Waals surface area (Å²) in [5.74, 6) is 0. The van der Waals surface area contributed by atoms with Crippen molar-refractivity contribution in [3.05, 3.63) is 0 Å². The normalized spacial score (nSPS) is 31.5. The van der Waals surface area contributed by atoms with Gasteiger partial charge in [0.05, 0.1) is 6.04 Å². The minimum Gasteiger partial charge on any atom is -0.465 e. The lowest BCUT2D eigenvalue weighted by atomic mass is 9.97. The molecular formula is C7H13FN2O2. The van der Waals surface area contributed by atoms with Crippen LogP contribution in [0, 0.1) is 0 Å². The van der Waals surface area contributed by atoms with Gasteiger partial charge in [-0.2, -0.15) is 0 Å². The molecule has 0 aliphatic carbocycles. The molecule has 70 valence electrons. The number of halogens is 1. The number of carbonyl (C=O) groups is 1. The van der Waals surface area contributed by atoms with E-state index in [9.17, 15) is 9.18 Å². The number of amides is 1. The Labute approximate surface area is 70.1 Å². The second-order valence-corrected chi connectivity index (χ2v) is 3.13. The van der Waals surface area contributed by atoms with Crippen molar-refractivity contribution in [2.75, 3.05) is 13.1 Å². The molecule has 2 unspecified atom stereocenters. The van der Waals surface area contributed by atoms with Gasteiger partial charge < -0.3 is 15.7 Å². The average molecular weight is 176 g/mol. The number of hydrogen-bond donors (Lipinski definition) is 3. The molecule has 2 atom stereocenters. The van der Waals surface area contributed by atoms with E-state index in [4.69, 9.17) is 5.11 Å². The molecule has 1 saturated heterocycles. The second kappa shape index (κ2) is 3.26. The number of rotatable bonds is 2. The minimum atomic E-state index is -1.42. The zero-order chi connectivity index (χ0) is 9.19. The van der Waals surface area contributed by atoms with Gasteiger partial charge in [-0.3, -0.25) is 0 Å². The monoisotopic (exact) mass is 176 g/mol. The Kier molecular flexibility index (Phi) is 2.52. The summed E-state index contributed by atoms with van der Waals surface area (Å²) in [6.07, 6.45) is -0.805. The summed E-state index contributed by atoms with van der Waals surface area (Å²) in [4.78, 5) is 10.2. The van der Waals surface area contributed by atoms with E-state index >= 15 is 0 Å². The summed E-state index contributed by atoms with van der Waals surface area (Å²) >= 11 is 0. The Morgan fingerprint density at radius 3 is 2.92 bits per heavy atom. The Bertz CT molecular complexity index is 180. The smallest absolute Gasteiger partial charge is 0.404 e. The van der Waals surface area contributed by atoms with Crippen molar-refractivity contribution in [3.63, 3.8) is 0 Å². The van der Waals surface area contributed by atoms with E-state index in [-0.39, 0.29) is 6.54 Å². The molecule has 1 heterocycles. The molecule has 0 aromatic rings. The number of carboxylic acid groups (broad SMARTS) is 1. The average Bonchev–Trinajstić information content (AvgIpc) is 2.36. The summed E-state index contributed by atoms with van der Waals surface area (Å²) in [5, 5.41) is 13.3.